The number of thiazole rings is 1. The van der Waals surface area contributed by atoms with Crippen LogP contribution in [0.4, 0.5) is 5.13 Å². The Balaban J connectivity index is 2.23. The Bertz CT molecular complexity index is 359. The van der Waals surface area contributed by atoms with Crippen molar-refractivity contribution in [3.63, 3.8) is 0 Å². The highest BCUT2D eigenvalue weighted by atomic mass is 32.1. The molecule has 2 atom stereocenters. The second-order valence-electron chi connectivity index (χ2n) is 4.63. The fraction of sp³-hybridized carbons (Fsp3) is 0.750. The van der Waals surface area contributed by atoms with E-state index in [1.807, 2.05) is 6.92 Å². The molecule has 90 valence electrons. The zero-order chi connectivity index (χ0) is 11.7. The first-order valence-electron chi connectivity index (χ1n) is 6.13. The summed E-state index contributed by atoms with van der Waals surface area (Å²) in [6.45, 7) is 7.51. The SMILES string of the molecule is CCC1CCCN1c1nc(C)c(C(C)N)s1. The molecule has 0 aliphatic carbocycles. The van der Waals surface area contributed by atoms with Gasteiger partial charge in [-0.3, -0.25) is 0 Å². The van der Waals surface area contributed by atoms with E-state index < -0.39 is 0 Å². The Hall–Kier alpha value is -0.610. The van der Waals surface area contributed by atoms with Crippen molar-refractivity contribution in [2.45, 2.75) is 52.1 Å². The van der Waals surface area contributed by atoms with Crippen molar-refractivity contribution in [3.05, 3.63) is 10.6 Å². The highest BCUT2D eigenvalue weighted by molar-refractivity contribution is 7.15. The summed E-state index contributed by atoms with van der Waals surface area (Å²) in [6, 6.07) is 0.792. The maximum atomic E-state index is 5.95. The van der Waals surface area contributed by atoms with Gasteiger partial charge in [0, 0.05) is 23.5 Å². The predicted molar refractivity (Wildman–Crippen MR) is 70.1 cm³/mol. The highest BCUT2D eigenvalue weighted by Crippen LogP contribution is 2.34. The standard InChI is InChI=1S/C12H21N3S/c1-4-10-6-5-7-15(10)12-14-9(3)11(16-12)8(2)13/h8,10H,4-7,13H2,1-3H3. The van der Waals surface area contributed by atoms with Gasteiger partial charge in [-0.1, -0.05) is 6.92 Å². The second kappa shape index (κ2) is 4.72. The van der Waals surface area contributed by atoms with E-state index in [-0.39, 0.29) is 6.04 Å². The second-order valence-corrected chi connectivity index (χ2v) is 5.64. The third-order valence-corrected chi connectivity index (χ3v) is 4.72. The van der Waals surface area contributed by atoms with Crippen LogP contribution in [0.5, 0.6) is 0 Å². The van der Waals surface area contributed by atoms with Gasteiger partial charge in [0.25, 0.3) is 0 Å². The minimum Gasteiger partial charge on any atom is -0.345 e. The van der Waals surface area contributed by atoms with Gasteiger partial charge >= 0.3 is 0 Å². The van der Waals surface area contributed by atoms with Crippen LogP contribution in [0.15, 0.2) is 0 Å². The van der Waals surface area contributed by atoms with Crippen molar-refractivity contribution in [2.75, 3.05) is 11.4 Å². The van der Waals surface area contributed by atoms with Gasteiger partial charge in [-0.05, 0) is 33.1 Å². The zero-order valence-electron chi connectivity index (χ0n) is 10.4. The molecule has 0 saturated carbocycles. The Labute approximate surface area is 102 Å². The summed E-state index contributed by atoms with van der Waals surface area (Å²) in [7, 11) is 0. The van der Waals surface area contributed by atoms with Crippen molar-refractivity contribution in [3.8, 4) is 0 Å². The molecular weight excluding hydrogens is 218 g/mol. The normalized spacial score (nSPS) is 22.8. The summed E-state index contributed by atoms with van der Waals surface area (Å²) < 4.78 is 0. The number of hydrogen-bond donors (Lipinski definition) is 1. The average Bonchev–Trinajstić information content (AvgIpc) is 2.82. The molecule has 2 N–H and O–H groups in total. The molecule has 2 rings (SSSR count). The van der Waals surface area contributed by atoms with Gasteiger partial charge < -0.3 is 10.6 Å². The molecule has 0 aromatic carbocycles. The zero-order valence-corrected chi connectivity index (χ0v) is 11.2. The molecule has 0 spiro atoms. The van der Waals surface area contributed by atoms with Gasteiger partial charge in [-0.2, -0.15) is 0 Å². The van der Waals surface area contributed by atoms with Crippen molar-refractivity contribution >= 4 is 16.5 Å². The number of rotatable bonds is 3. The van der Waals surface area contributed by atoms with E-state index in [0.717, 1.165) is 12.2 Å². The molecule has 1 aromatic heterocycles. The lowest BCUT2D eigenvalue weighted by atomic mass is 10.2. The van der Waals surface area contributed by atoms with Gasteiger partial charge in [-0.25, -0.2) is 4.98 Å². The van der Waals surface area contributed by atoms with Crippen LogP contribution in [0.1, 0.15) is 49.7 Å². The summed E-state index contributed by atoms with van der Waals surface area (Å²) in [5.74, 6) is 0. The molecule has 0 amide bonds. The first kappa shape index (κ1) is 11.9. The molecule has 1 aromatic rings. The van der Waals surface area contributed by atoms with E-state index in [1.165, 1.54) is 29.3 Å². The van der Waals surface area contributed by atoms with E-state index in [4.69, 9.17) is 5.73 Å². The van der Waals surface area contributed by atoms with Crippen LogP contribution in [-0.4, -0.2) is 17.6 Å². The van der Waals surface area contributed by atoms with Crippen molar-refractivity contribution in [1.29, 1.82) is 0 Å². The van der Waals surface area contributed by atoms with Crippen LogP contribution in [0.2, 0.25) is 0 Å². The lowest BCUT2D eigenvalue weighted by Gasteiger charge is -2.22. The van der Waals surface area contributed by atoms with Crippen LogP contribution in [0.3, 0.4) is 0 Å². The fourth-order valence-corrected chi connectivity index (χ4v) is 3.57. The average molecular weight is 239 g/mol. The van der Waals surface area contributed by atoms with Crippen LogP contribution in [0, 0.1) is 6.92 Å². The number of aromatic nitrogens is 1. The van der Waals surface area contributed by atoms with E-state index in [0.29, 0.717) is 6.04 Å². The van der Waals surface area contributed by atoms with Crippen molar-refractivity contribution in [1.82, 2.24) is 4.98 Å². The Morgan fingerprint density at radius 2 is 2.38 bits per heavy atom. The molecule has 1 aliphatic rings. The monoisotopic (exact) mass is 239 g/mol. The lowest BCUT2D eigenvalue weighted by Crippen LogP contribution is -2.28. The first-order valence-corrected chi connectivity index (χ1v) is 6.94. The summed E-state index contributed by atoms with van der Waals surface area (Å²) in [4.78, 5) is 8.37. The number of nitrogens with zero attached hydrogens (tertiary/aromatic N) is 2. The molecule has 1 aliphatic heterocycles. The number of anilines is 1. The number of aryl methyl sites for hydroxylation is 1. The first-order chi connectivity index (χ1) is 7.63. The maximum absolute atomic E-state index is 5.95. The quantitative estimate of drug-likeness (QED) is 0.882. The Morgan fingerprint density at radius 1 is 1.62 bits per heavy atom. The molecule has 0 bridgehead atoms. The lowest BCUT2D eigenvalue weighted by molar-refractivity contribution is 0.644. The van der Waals surface area contributed by atoms with Gasteiger partial charge in [-0.15, -0.1) is 11.3 Å². The third kappa shape index (κ3) is 2.09. The van der Waals surface area contributed by atoms with Crippen LogP contribution >= 0.6 is 11.3 Å². The van der Waals surface area contributed by atoms with Crippen molar-refractivity contribution < 1.29 is 0 Å². The smallest absolute Gasteiger partial charge is 0.186 e. The van der Waals surface area contributed by atoms with Gasteiger partial charge in [0.1, 0.15) is 0 Å². The van der Waals surface area contributed by atoms with E-state index in [2.05, 4.69) is 23.7 Å². The largest absolute Gasteiger partial charge is 0.345 e. The topological polar surface area (TPSA) is 42.2 Å². The third-order valence-electron chi connectivity index (χ3n) is 3.33. The molecular formula is C12H21N3S. The molecule has 2 heterocycles. The van der Waals surface area contributed by atoms with Gasteiger partial charge in [0.05, 0.1) is 5.69 Å². The Kier molecular flexibility index (Phi) is 3.50. The molecule has 4 heteroatoms. The predicted octanol–water partition coefficient (Wildman–Crippen LogP) is 2.85. The molecule has 1 fully saturated rings. The molecule has 16 heavy (non-hydrogen) atoms. The minimum absolute atomic E-state index is 0.105. The van der Waals surface area contributed by atoms with Crippen LogP contribution in [0.25, 0.3) is 0 Å². The molecule has 2 unspecified atom stereocenters. The summed E-state index contributed by atoms with van der Waals surface area (Å²) in [5, 5.41) is 1.18. The summed E-state index contributed by atoms with van der Waals surface area (Å²) >= 11 is 1.77. The maximum Gasteiger partial charge on any atom is 0.186 e. The van der Waals surface area contributed by atoms with E-state index >= 15 is 0 Å². The summed E-state index contributed by atoms with van der Waals surface area (Å²) in [5.41, 5.74) is 7.05. The Morgan fingerprint density at radius 3 is 2.94 bits per heavy atom. The van der Waals surface area contributed by atoms with Gasteiger partial charge in [0.2, 0.25) is 0 Å². The molecule has 3 nitrogen and oxygen atoms in total. The van der Waals surface area contributed by atoms with Crippen molar-refractivity contribution in [2.24, 2.45) is 5.73 Å². The fourth-order valence-electron chi connectivity index (χ4n) is 2.45. The number of hydrogen-bond acceptors (Lipinski definition) is 4. The van der Waals surface area contributed by atoms with E-state index in [9.17, 15) is 0 Å². The van der Waals surface area contributed by atoms with Gasteiger partial charge in [0.15, 0.2) is 5.13 Å². The van der Waals surface area contributed by atoms with Crippen LogP contribution < -0.4 is 10.6 Å². The van der Waals surface area contributed by atoms with E-state index in [1.54, 1.807) is 11.3 Å². The summed E-state index contributed by atoms with van der Waals surface area (Å²) in [6.07, 6.45) is 3.82. The molecule has 0 radical (unpaired) electrons. The minimum atomic E-state index is 0.105. The number of nitrogens with two attached hydrogens (primary N) is 1. The molecule has 1 saturated heterocycles. The highest BCUT2D eigenvalue weighted by Gasteiger charge is 2.26. The van der Waals surface area contributed by atoms with Crippen LogP contribution in [-0.2, 0) is 0 Å².